The molecule has 4 nitrogen and oxygen atoms in total. The highest BCUT2D eigenvalue weighted by Crippen LogP contribution is 2.23. The van der Waals surface area contributed by atoms with Crippen molar-refractivity contribution >= 4 is 23.2 Å². The summed E-state index contributed by atoms with van der Waals surface area (Å²) in [4.78, 5) is 14.5. The number of rotatable bonds is 5. The molecule has 0 heterocycles. The van der Waals surface area contributed by atoms with Crippen LogP contribution in [0.5, 0.6) is 0 Å². The topological polar surface area (TPSA) is 58.4 Å². The standard InChI is InChI=1S/C15H21N3OS/c16-14(20)11-18(13-8-4-5-9-13)15(19)17-10-12-6-2-1-3-7-12/h1-3,6-7,13H,4-5,8-11H2,(H2,16,20)(H,17,19). The van der Waals surface area contributed by atoms with Gasteiger partial charge in [-0.3, -0.25) is 0 Å². The summed E-state index contributed by atoms with van der Waals surface area (Å²) in [5, 5.41) is 2.95. The number of amides is 2. The molecular formula is C15H21N3OS. The van der Waals surface area contributed by atoms with Crippen molar-refractivity contribution in [2.45, 2.75) is 38.3 Å². The van der Waals surface area contributed by atoms with Crippen LogP contribution in [0.2, 0.25) is 0 Å². The molecule has 108 valence electrons. The lowest BCUT2D eigenvalue weighted by atomic mass is 10.2. The van der Waals surface area contributed by atoms with Gasteiger partial charge >= 0.3 is 6.03 Å². The van der Waals surface area contributed by atoms with Crippen molar-refractivity contribution in [3.05, 3.63) is 35.9 Å². The number of nitrogens with two attached hydrogens (primary N) is 1. The molecule has 0 spiro atoms. The third-order valence-electron chi connectivity index (χ3n) is 3.64. The summed E-state index contributed by atoms with van der Waals surface area (Å²) < 4.78 is 0. The Hall–Kier alpha value is -1.62. The number of hydrogen-bond donors (Lipinski definition) is 2. The Kier molecular flexibility index (Phi) is 5.35. The molecule has 5 heteroatoms. The predicted molar refractivity (Wildman–Crippen MR) is 84.4 cm³/mol. The van der Waals surface area contributed by atoms with Crippen LogP contribution in [0, 0.1) is 0 Å². The van der Waals surface area contributed by atoms with Crippen LogP contribution in [-0.2, 0) is 6.54 Å². The fourth-order valence-corrected chi connectivity index (χ4v) is 2.76. The Morgan fingerprint density at radius 1 is 1.30 bits per heavy atom. The van der Waals surface area contributed by atoms with E-state index in [9.17, 15) is 4.79 Å². The molecule has 0 aliphatic heterocycles. The van der Waals surface area contributed by atoms with Crippen LogP contribution in [0.1, 0.15) is 31.2 Å². The minimum atomic E-state index is -0.0754. The third-order valence-corrected chi connectivity index (χ3v) is 3.77. The maximum Gasteiger partial charge on any atom is 0.318 e. The van der Waals surface area contributed by atoms with Crippen LogP contribution < -0.4 is 11.1 Å². The molecule has 0 bridgehead atoms. The first kappa shape index (κ1) is 14.8. The van der Waals surface area contributed by atoms with E-state index in [0.717, 1.165) is 18.4 Å². The van der Waals surface area contributed by atoms with Gasteiger partial charge in [0.25, 0.3) is 0 Å². The van der Waals surface area contributed by atoms with E-state index in [2.05, 4.69) is 5.32 Å². The average Bonchev–Trinajstić information content (AvgIpc) is 2.97. The maximum atomic E-state index is 12.3. The van der Waals surface area contributed by atoms with Gasteiger partial charge in [-0.25, -0.2) is 4.79 Å². The van der Waals surface area contributed by atoms with E-state index in [1.54, 1.807) is 4.90 Å². The van der Waals surface area contributed by atoms with E-state index in [-0.39, 0.29) is 12.1 Å². The molecule has 2 amide bonds. The van der Waals surface area contributed by atoms with Gasteiger partial charge in [-0.15, -0.1) is 0 Å². The van der Waals surface area contributed by atoms with E-state index >= 15 is 0 Å². The Balaban J connectivity index is 1.93. The first-order valence-corrected chi connectivity index (χ1v) is 7.44. The summed E-state index contributed by atoms with van der Waals surface area (Å²) in [5.41, 5.74) is 6.70. The van der Waals surface area contributed by atoms with Crippen molar-refractivity contribution in [3.63, 3.8) is 0 Å². The summed E-state index contributed by atoms with van der Waals surface area (Å²) >= 11 is 4.96. The minimum Gasteiger partial charge on any atom is -0.392 e. The van der Waals surface area contributed by atoms with Crippen LogP contribution in [0.15, 0.2) is 30.3 Å². The number of urea groups is 1. The van der Waals surface area contributed by atoms with Crippen LogP contribution >= 0.6 is 12.2 Å². The smallest absolute Gasteiger partial charge is 0.318 e. The minimum absolute atomic E-state index is 0.0754. The molecule has 1 aliphatic carbocycles. The van der Waals surface area contributed by atoms with Crippen molar-refractivity contribution in [3.8, 4) is 0 Å². The van der Waals surface area contributed by atoms with Gasteiger partial charge in [0.05, 0.1) is 11.5 Å². The molecule has 20 heavy (non-hydrogen) atoms. The fraction of sp³-hybridized carbons (Fsp3) is 0.467. The van der Waals surface area contributed by atoms with Crippen molar-refractivity contribution in [1.29, 1.82) is 0 Å². The molecule has 0 aromatic heterocycles. The van der Waals surface area contributed by atoms with Gasteiger partial charge in [0.1, 0.15) is 0 Å². The number of thiocarbonyl (C=S) groups is 1. The lowest BCUT2D eigenvalue weighted by Gasteiger charge is -2.28. The molecule has 0 atom stereocenters. The second-order valence-electron chi connectivity index (χ2n) is 5.18. The highest BCUT2D eigenvalue weighted by molar-refractivity contribution is 7.80. The highest BCUT2D eigenvalue weighted by Gasteiger charge is 2.26. The number of benzene rings is 1. The van der Waals surface area contributed by atoms with Gasteiger partial charge in [-0.2, -0.15) is 0 Å². The quantitative estimate of drug-likeness (QED) is 0.819. The van der Waals surface area contributed by atoms with Gasteiger partial charge in [-0.1, -0.05) is 55.4 Å². The normalized spacial score (nSPS) is 15.0. The number of carbonyl (C=O) groups excluding carboxylic acids is 1. The monoisotopic (exact) mass is 291 g/mol. The van der Waals surface area contributed by atoms with E-state index in [0.29, 0.717) is 18.1 Å². The van der Waals surface area contributed by atoms with Crippen molar-refractivity contribution in [1.82, 2.24) is 10.2 Å². The van der Waals surface area contributed by atoms with E-state index < -0.39 is 0 Å². The van der Waals surface area contributed by atoms with E-state index in [1.807, 2.05) is 30.3 Å². The molecular weight excluding hydrogens is 270 g/mol. The van der Waals surface area contributed by atoms with Crippen LogP contribution in [0.4, 0.5) is 4.79 Å². The zero-order valence-corrected chi connectivity index (χ0v) is 12.4. The van der Waals surface area contributed by atoms with Gasteiger partial charge in [0.2, 0.25) is 0 Å². The van der Waals surface area contributed by atoms with Gasteiger partial charge < -0.3 is 16.0 Å². The summed E-state index contributed by atoms with van der Waals surface area (Å²) in [5.74, 6) is 0. The summed E-state index contributed by atoms with van der Waals surface area (Å²) in [6.45, 7) is 0.890. The van der Waals surface area contributed by atoms with E-state index in [1.165, 1.54) is 12.8 Å². The van der Waals surface area contributed by atoms with Crippen molar-refractivity contribution in [2.75, 3.05) is 6.54 Å². The number of nitrogens with one attached hydrogen (secondary N) is 1. The molecule has 1 fully saturated rings. The Morgan fingerprint density at radius 2 is 1.95 bits per heavy atom. The second kappa shape index (κ2) is 7.24. The molecule has 0 saturated heterocycles. The highest BCUT2D eigenvalue weighted by atomic mass is 32.1. The lowest BCUT2D eigenvalue weighted by molar-refractivity contribution is 0.185. The first-order valence-electron chi connectivity index (χ1n) is 7.03. The van der Waals surface area contributed by atoms with Crippen molar-refractivity contribution < 1.29 is 4.79 Å². The van der Waals surface area contributed by atoms with Crippen LogP contribution in [0.3, 0.4) is 0 Å². The molecule has 2 rings (SSSR count). The fourth-order valence-electron chi connectivity index (χ4n) is 2.63. The molecule has 0 unspecified atom stereocenters. The SMILES string of the molecule is NC(=S)CN(C(=O)NCc1ccccc1)C1CCCC1. The lowest BCUT2D eigenvalue weighted by Crippen LogP contribution is -2.48. The molecule has 1 saturated carbocycles. The predicted octanol–water partition coefficient (Wildman–Crippen LogP) is 2.43. The van der Waals surface area contributed by atoms with Gasteiger partial charge in [0, 0.05) is 12.6 Å². The van der Waals surface area contributed by atoms with Gasteiger partial charge in [-0.05, 0) is 18.4 Å². The number of carbonyl (C=O) groups is 1. The Labute approximate surface area is 125 Å². The van der Waals surface area contributed by atoms with Crippen molar-refractivity contribution in [2.24, 2.45) is 5.73 Å². The molecule has 0 radical (unpaired) electrons. The number of nitrogens with zero attached hydrogens (tertiary/aromatic N) is 1. The molecule has 3 N–H and O–H groups in total. The Bertz CT molecular complexity index is 457. The Morgan fingerprint density at radius 3 is 2.55 bits per heavy atom. The molecule has 1 aromatic rings. The van der Waals surface area contributed by atoms with E-state index in [4.69, 9.17) is 18.0 Å². The summed E-state index contributed by atoms with van der Waals surface area (Å²) in [6.07, 6.45) is 4.43. The van der Waals surface area contributed by atoms with Crippen LogP contribution in [-0.4, -0.2) is 28.5 Å². The van der Waals surface area contributed by atoms with Crippen LogP contribution in [0.25, 0.3) is 0 Å². The zero-order chi connectivity index (χ0) is 14.4. The maximum absolute atomic E-state index is 12.3. The number of hydrogen-bond acceptors (Lipinski definition) is 2. The largest absolute Gasteiger partial charge is 0.392 e. The second-order valence-corrected chi connectivity index (χ2v) is 5.70. The zero-order valence-electron chi connectivity index (χ0n) is 11.5. The summed E-state index contributed by atoms with van der Waals surface area (Å²) in [7, 11) is 0. The first-order chi connectivity index (χ1) is 9.66. The van der Waals surface area contributed by atoms with Gasteiger partial charge in [0.15, 0.2) is 0 Å². The molecule has 1 aliphatic rings. The summed E-state index contributed by atoms with van der Waals surface area (Å²) in [6, 6.07) is 10.1. The molecule has 1 aromatic carbocycles. The third kappa shape index (κ3) is 4.20. The average molecular weight is 291 g/mol.